The van der Waals surface area contributed by atoms with Crippen molar-refractivity contribution in [2.45, 2.75) is 51.8 Å². The number of carbonyl (C=O) groups excluding carboxylic acids is 4. The molecule has 0 bridgehead atoms. The summed E-state index contributed by atoms with van der Waals surface area (Å²) in [5.41, 5.74) is 0.778. The van der Waals surface area contributed by atoms with Crippen LogP contribution in [0.2, 0.25) is 0 Å². The van der Waals surface area contributed by atoms with Gasteiger partial charge in [-0.15, -0.1) is 0 Å². The Bertz CT molecular complexity index is 1430. The summed E-state index contributed by atoms with van der Waals surface area (Å²) in [5.74, 6) is -1.92. The van der Waals surface area contributed by atoms with Crippen LogP contribution in [0.25, 0.3) is 10.9 Å². The summed E-state index contributed by atoms with van der Waals surface area (Å²) in [7, 11) is 2.90. The zero-order valence-electron chi connectivity index (χ0n) is 23.1. The van der Waals surface area contributed by atoms with Crippen molar-refractivity contribution in [3.05, 3.63) is 64.2 Å². The number of amides is 3. The molecule has 2 aromatic heterocycles. The maximum absolute atomic E-state index is 13.6. The van der Waals surface area contributed by atoms with Gasteiger partial charge in [-0.05, 0) is 36.6 Å². The van der Waals surface area contributed by atoms with Crippen molar-refractivity contribution < 1.29 is 28.7 Å². The predicted molar refractivity (Wildman–Crippen MR) is 148 cm³/mol. The lowest BCUT2D eigenvalue weighted by Crippen LogP contribution is -2.57. The SMILES string of the molecule is CNC(=O)C(OC(C)=O)C(Cc1ccc[nH]c1=O)NC(=O)C(CC(C)C)NC(=O)c1cc2c(OC)cccc2[nH]1. The lowest BCUT2D eigenvalue weighted by Gasteiger charge is -2.29. The molecule has 0 fully saturated rings. The highest BCUT2D eigenvalue weighted by molar-refractivity contribution is 6.01. The summed E-state index contributed by atoms with van der Waals surface area (Å²) in [4.78, 5) is 69.3. The van der Waals surface area contributed by atoms with Gasteiger partial charge in [0.25, 0.3) is 17.4 Å². The zero-order chi connectivity index (χ0) is 29.4. The second-order valence-corrected chi connectivity index (χ2v) is 9.75. The van der Waals surface area contributed by atoms with Gasteiger partial charge in [0.05, 0.1) is 13.2 Å². The topological polar surface area (TPSA) is 171 Å². The van der Waals surface area contributed by atoms with E-state index < -0.39 is 47.4 Å². The van der Waals surface area contributed by atoms with Gasteiger partial charge in [-0.1, -0.05) is 26.0 Å². The molecule has 0 radical (unpaired) electrons. The molecule has 0 spiro atoms. The molecule has 0 saturated heterocycles. The van der Waals surface area contributed by atoms with Gasteiger partial charge in [0.1, 0.15) is 17.5 Å². The van der Waals surface area contributed by atoms with Crippen molar-refractivity contribution in [1.82, 2.24) is 25.9 Å². The van der Waals surface area contributed by atoms with Crippen LogP contribution in [0.5, 0.6) is 5.75 Å². The fourth-order valence-corrected chi connectivity index (χ4v) is 4.38. The Labute approximate surface area is 231 Å². The fourth-order valence-electron chi connectivity index (χ4n) is 4.38. The number of likely N-dealkylation sites (N-methyl/N-ethyl adjacent to an activating group) is 1. The third kappa shape index (κ3) is 7.49. The Morgan fingerprint density at radius 2 is 1.77 bits per heavy atom. The Hall–Kier alpha value is -4.61. The van der Waals surface area contributed by atoms with Gasteiger partial charge in [-0.25, -0.2) is 0 Å². The number of carbonyl (C=O) groups is 4. The molecule has 5 N–H and O–H groups in total. The molecule has 0 saturated carbocycles. The van der Waals surface area contributed by atoms with Gasteiger partial charge in [0.2, 0.25) is 5.91 Å². The number of fused-ring (bicyclic) bond motifs is 1. The molecule has 40 heavy (non-hydrogen) atoms. The van der Waals surface area contributed by atoms with Crippen LogP contribution in [0.1, 0.15) is 43.2 Å². The molecule has 12 heteroatoms. The van der Waals surface area contributed by atoms with Crippen LogP contribution in [-0.2, 0) is 25.5 Å². The molecule has 0 aliphatic carbocycles. The van der Waals surface area contributed by atoms with E-state index in [0.29, 0.717) is 16.7 Å². The molecule has 12 nitrogen and oxygen atoms in total. The van der Waals surface area contributed by atoms with E-state index in [9.17, 15) is 24.0 Å². The largest absolute Gasteiger partial charge is 0.496 e. The summed E-state index contributed by atoms with van der Waals surface area (Å²) >= 11 is 0. The van der Waals surface area contributed by atoms with Crippen molar-refractivity contribution in [1.29, 1.82) is 0 Å². The summed E-state index contributed by atoms with van der Waals surface area (Å²) in [5, 5.41) is 8.65. The van der Waals surface area contributed by atoms with Crippen molar-refractivity contribution in [3.63, 3.8) is 0 Å². The first-order chi connectivity index (χ1) is 19.0. The third-order valence-electron chi connectivity index (χ3n) is 6.25. The highest BCUT2D eigenvalue weighted by atomic mass is 16.5. The van der Waals surface area contributed by atoms with Crippen LogP contribution < -0.4 is 26.2 Å². The third-order valence-corrected chi connectivity index (χ3v) is 6.25. The fraction of sp³-hybridized carbons (Fsp3) is 0.393. The number of rotatable bonds is 12. The standard InChI is InChI=1S/C28H35N5O7/c1-15(2)12-21(33-27(37)22-14-18-19(31-22)9-6-10-23(18)39-5)26(36)32-20(13-17-8-7-11-30-25(17)35)24(28(38)29-4)40-16(3)34/h6-11,14-15,20-21,24,31H,12-13H2,1-5H3,(H,29,38)(H,30,35)(H,32,36)(H,33,37). The van der Waals surface area contributed by atoms with E-state index >= 15 is 0 Å². The van der Waals surface area contributed by atoms with Crippen molar-refractivity contribution in [3.8, 4) is 5.75 Å². The number of ether oxygens (including phenoxy) is 2. The molecule has 3 aromatic rings. The molecular weight excluding hydrogens is 518 g/mol. The molecule has 0 aliphatic rings. The van der Waals surface area contributed by atoms with Gasteiger partial charge in [0.15, 0.2) is 6.10 Å². The van der Waals surface area contributed by atoms with Gasteiger partial charge < -0.3 is 35.4 Å². The lowest BCUT2D eigenvalue weighted by atomic mass is 9.98. The minimum atomic E-state index is -1.43. The average Bonchev–Trinajstić information content (AvgIpc) is 3.36. The minimum absolute atomic E-state index is 0.0116. The Morgan fingerprint density at radius 3 is 2.40 bits per heavy atom. The van der Waals surface area contributed by atoms with E-state index in [1.165, 1.54) is 20.4 Å². The molecule has 3 atom stereocenters. The van der Waals surface area contributed by atoms with E-state index in [4.69, 9.17) is 9.47 Å². The van der Waals surface area contributed by atoms with Crippen molar-refractivity contribution in [2.24, 2.45) is 5.92 Å². The average molecular weight is 554 g/mol. The second-order valence-electron chi connectivity index (χ2n) is 9.75. The van der Waals surface area contributed by atoms with Crippen LogP contribution >= 0.6 is 0 Å². The maximum Gasteiger partial charge on any atom is 0.303 e. The van der Waals surface area contributed by atoms with Crippen molar-refractivity contribution >= 4 is 34.6 Å². The van der Waals surface area contributed by atoms with E-state index in [2.05, 4.69) is 25.9 Å². The number of aromatic nitrogens is 2. The number of pyridine rings is 1. The number of hydrogen-bond donors (Lipinski definition) is 5. The molecule has 214 valence electrons. The van der Waals surface area contributed by atoms with Crippen molar-refractivity contribution in [2.75, 3.05) is 14.2 Å². The van der Waals surface area contributed by atoms with E-state index in [-0.39, 0.29) is 30.0 Å². The van der Waals surface area contributed by atoms with E-state index in [1.54, 1.807) is 36.4 Å². The van der Waals surface area contributed by atoms with E-state index in [0.717, 1.165) is 6.92 Å². The molecule has 2 heterocycles. The first kappa shape index (κ1) is 29.9. The molecule has 0 aliphatic heterocycles. The molecular formula is C28H35N5O7. The Balaban J connectivity index is 1.90. The van der Waals surface area contributed by atoms with Crippen LogP contribution in [0.15, 0.2) is 47.4 Å². The predicted octanol–water partition coefficient (Wildman–Crippen LogP) is 1.41. The summed E-state index contributed by atoms with van der Waals surface area (Å²) in [6, 6.07) is 8.05. The lowest BCUT2D eigenvalue weighted by molar-refractivity contribution is -0.156. The van der Waals surface area contributed by atoms with Gasteiger partial charge in [0, 0.05) is 43.1 Å². The molecule has 3 rings (SSSR count). The van der Waals surface area contributed by atoms with Gasteiger partial charge in [-0.2, -0.15) is 0 Å². The summed E-state index contributed by atoms with van der Waals surface area (Å²) < 4.78 is 10.6. The molecule has 3 unspecified atom stereocenters. The van der Waals surface area contributed by atoms with Gasteiger partial charge >= 0.3 is 5.97 Å². The monoisotopic (exact) mass is 553 g/mol. The second kappa shape index (κ2) is 13.5. The highest BCUT2D eigenvalue weighted by Gasteiger charge is 2.35. The van der Waals surface area contributed by atoms with Crippen LogP contribution in [0.3, 0.4) is 0 Å². The normalized spacial score (nSPS) is 13.2. The quantitative estimate of drug-likeness (QED) is 0.211. The summed E-state index contributed by atoms with van der Waals surface area (Å²) in [6.07, 6.45) is 0.188. The number of nitrogens with one attached hydrogen (secondary N) is 5. The maximum atomic E-state index is 13.6. The summed E-state index contributed by atoms with van der Waals surface area (Å²) in [6.45, 7) is 4.93. The van der Waals surface area contributed by atoms with Gasteiger partial charge in [-0.3, -0.25) is 24.0 Å². The number of esters is 1. The number of hydrogen-bond acceptors (Lipinski definition) is 7. The number of methoxy groups -OCH3 is 1. The number of H-pyrrole nitrogens is 2. The van der Waals surface area contributed by atoms with Crippen LogP contribution in [-0.4, -0.2) is 66.0 Å². The Morgan fingerprint density at radius 1 is 1.02 bits per heavy atom. The molecule has 3 amide bonds. The smallest absolute Gasteiger partial charge is 0.303 e. The highest BCUT2D eigenvalue weighted by Crippen LogP contribution is 2.26. The zero-order valence-corrected chi connectivity index (χ0v) is 23.1. The number of aromatic amines is 2. The first-order valence-corrected chi connectivity index (χ1v) is 12.9. The first-order valence-electron chi connectivity index (χ1n) is 12.9. The number of benzene rings is 1. The Kier molecular flexibility index (Phi) is 10.1. The van der Waals surface area contributed by atoms with E-state index in [1.807, 2.05) is 13.8 Å². The molecule has 1 aromatic carbocycles. The van der Waals surface area contributed by atoms with Crippen LogP contribution in [0.4, 0.5) is 0 Å². The minimum Gasteiger partial charge on any atom is -0.496 e. The van der Waals surface area contributed by atoms with Crippen LogP contribution in [0, 0.1) is 5.92 Å².